The molecule has 0 fully saturated rings. The van der Waals surface area contributed by atoms with Crippen molar-refractivity contribution in [1.29, 1.82) is 0 Å². The third-order valence-corrected chi connectivity index (χ3v) is 5.07. The van der Waals surface area contributed by atoms with Crippen molar-refractivity contribution in [2.75, 3.05) is 5.32 Å². The minimum absolute atomic E-state index is 0.254. The highest BCUT2D eigenvalue weighted by Crippen LogP contribution is 2.26. The number of aryl methyl sites for hydroxylation is 1. The maximum atomic E-state index is 13.2. The summed E-state index contributed by atoms with van der Waals surface area (Å²) in [6.45, 7) is 2.54. The van der Waals surface area contributed by atoms with Gasteiger partial charge < -0.3 is 9.73 Å². The SMILES string of the molecule is Cc1ccc(-c2nn(-c3ccccc3)cc2C(=O)Nc2ccc(Cn3cccn3)cc2)o1. The Morgan fingerprint density at radius 2 is 1.81 bits per heavy atom. The largest absolute Gasteiger partial charge is 0.460 e. The Morgan fingerprint density at radius 3 is 2.50 bits per heavy atom. The lowest BCUT2D eigenvalue weighted by atomic mass is 10.1. The number of amides is 1. The normalized spacial score (nSPS) is 10.9. The Bertz CT molecular complexity index is 1330. The van der Waals surface area contributed by atoms with Crippen LogP contribution in [-0.4, -0.2) is 25.5 Å². The lowest BCUT2D eigenvalue weighted by Gasteiger charge is -2.07. The number of benzene rings is 2. The first kappa shape index (κ1) is 19.6. The Kier molecular flexibility index (Phi) is 5.13. The summed E-state index contributed by atoms with van der Waals surface area (Å²) in [7, 11) is 0. The van der Waals surface area contributed by atoms with Crippen molar-refractivity contribution >= 4 is 11.6 Å². The van der Waals surface area contributed by atoms with Crippen LogP contribution in [0.5, 0.6) is 0 Å². The molecule has 158 valence electrons. The van der Waals surface area contributed by atoms with Crippen LogP contribution in [0.15, 0.2) is 95.8 Å². The molecule has 3 heterocycles. The second-order valence-electron chi connectivity index (χ2n) is 7.44. The molecule has 0 bridgehead atoms. The van der Waals surface area contributed by atoms with Gasteiger partial charge in [0, 0.05) is 24.3 Å². The Hall–Kier alpha value is -4.39. The van der Waals surface area contributed by atoms with Gasteiger partial charge in [0.25, 0.3) is 5.91 Å². The number of hydrogen-bond donors (Lipinski definition) is 1. The van der Waals surface area contributed by atoms with Gasteiger partial charge in [-0.15, -0.1) is 0 Å². The van der Waals surface area contributed by atoms with Gasteiger partial charge in [0.05, 0.1) is 17.8 Å². The highest BCUT2D eigenvalue weighted by atomic mass is 16.3. The molecule has 0 saturated heterocycles. The maximum Gasteiger partial charge on any atom is 0.259 e. The number of carbonyl (C=O) groups excluding carboxylic acids is 1. The van der Waals surface area contributed by atoms with Crippen molar-refractivity contribution in [2.45, 2.75) is 13.5 Å². The third-order valence-electron chi connectivity index (χ3n) is 5.07. The van der Waals surface area contributed by atoms with Crippen LogP contribution in [0, 0.1) is 6.92 Å². The predicted molar refractivity (Wildman–Crippen MR) is 122 cm³/mol. The third kappa shape index (κ3) is 4.09. The van der Waals surface area contributed by atoms with Gasteiger partial charge in [-0.3, -0.25) is 9.48 Å². The summed E-state index contributed by atoms with van der Waals surface area (Å²) >= 11 is 0. The van der Waals surface area contributed by atoms with Crippen LogP contribution in [0.3, 0.4) is 0 Å². The molecule has 0 unspecified atom stereocenters. The standard InChI is InChI=1S/C25H21N5O2/c1-18-8-13-23(32-18)24-22(17-30(28-24)21-6-3-2-4-7-21)25(31)27-20-11-9-19(10-12-20)16-29-15-5-14-26-29/h2-15,17H,16H2,1H3,(H,27,31). The molecule has 0 spiro atoms. The number of hydrogen-bond acceptors (Lipinski definition) is 4. The lowest BCUT2D eigenvalue weighted by Crippen LogP contribution is -2.12. The van der Waals surface area contributed by atoms with E-state index < -0.39 is 0 Å². The van der Waals surface area contributed by atoms with E-state index in [9.17, 15) is 4.79 Å². The number of nitrogens with zero attached hydrogens (tertiary/aromatic N) is 4. The summed E-state index contributed by atoms with van der Waals surface area (Å²) in [4.78, 5) is 13.2. The Balaban J connectivity index is 1.41. The highest BCUT2D eigenvalue weighted by molar-refractivity contribution is 6.07. The molecule has 1 N–H and O–H groups in total. The molecule has 7 nitrogen and oxygen atoms in total. The Labute approximate surface area is 184 Å². The van der Waals surface area contributed by atoms with Gasteiger partial charge in [0.2, 0.25) is 0 Å². The predicted octanol–water partition coefficient (Wildman–Crippen LogP) is 4.94. The summed E-state index contributed by atoms with van der Waals surface area (Å²) in [5.41, 5.74) is 3.58. The monoisotopic (exact) mass is 423 g/mol. The number of rotatable bonds is 6. The Morgan fingerprint density at radius 1 is 1.00 bits per heavy atom. The van der Waals surface area contributed by atoms with Crippen LogP contribution in [0.2, 0.25) is 0 Å². The topological polar surface area (TPSA) is 77.9 Å². The fourth-order valence-corrected chi connectivity index (χ4v) is 3.47. The quantitative estimate of drug-likeness (QED) is 0.420. The number of nitrogens with one attached hydrogen (secondary N) is 1. The van der Waals surface area contributed by atoms with Crippen LogP contribution >= 0.6 is 0 Å². The van der Waals surface area contributed by atoms with Crippen molar-refractivity contribution in [3.8, 4) is 17.1 Å². The average Bonchev–Trinajstić information content (AvgIpc) is 3.56. The highest BCUT2D eigenvalue weighted by Gasteiger charge is 2.21. The molecule has 2 aromatic carbocycles. The van der Waals surface area contributed by atoms with Crippen LogP contribution in [-0.2, 0) is 6.54 Å². The molecule has 0 saturated carbocycles. The zero-order chi connectivity index (χ0) is 21.9. The summed E-state index contributed by atoms with van der Waals surface area (Å²) < 4.78 is 9.30. The van der Waals surface area contributed by atoms with E-state index in [1.165, 1.54) is 0 Å². The fourth-order valence-electron chi connectivity index (χ4n) is 3.47. The molecule has 0 radical (unpaired) electrons. The molecule has 0 aliphatic heterocycles. The zero-order valence-corrected chi connectivity index (χ0v) is 17.5. The first-order chi connectivity index (χ1) is 15.7. The first-order valence-corrected chi connectivity index (χ1v) is 10.3. The van der Waals surface area contributed by atoms with Gasteiger partial charge in [-0.1, -0.05) is 30.3 Å². The van der Waals surface area contributed by atoms with Crippen molar-refractivity contribution in [2.24, 2.45) is 0 Å². The van der Waals surface area contributed by atoms with E-state index in [0.29, 0.717) is 29.2 Å². The van der Waals surface area contributed by atoms with E-state index in [1.54, 1.807) is 17.1 Å². The number of aromatic nitrogens is 4. The van der Waals surface area contributed by atoms with Gasteiger partial charge in [-0.25, -0.2) is 4.68 Å². The molecule has 5 rings (SSSR count). The molecule has 3 aromatic heterocycles. The number of carbonyl (C=O) groups is 1. The summed E-state index contributed by atoms with van der Waals surface area (Å²) in [6, 6.07) is 23.0. The molecule has 1 amide bonds. The van der Waals surface area contributed by atoms with Gasteiger partial charge in [0.1, 0.15) is 11.5 Å². The first-order valence-electron chi connectivity index (χ1n) is 10.3. The van der Waals surface area contributed by atoms with Gasteiger partial charge >= 0.3 is 0 Å². The van der Waals surface area contributed by atoms with Gasteiger partial charge in [-0.2, -0.15) is 10.2 Å². The van der Waals surface area contributed by atoms with E-state index in [2.05, 4.69) is 15.5 Å². The van der Waals surface area contributed by atoms with E-state index >= 15 is 0 Å². The van der Waals surface area contributed by atoms with Gasteiger partial charge in [0.15, 0.2) is 5.76 Å². The average molecular weight is 423 g/mol. The second kappa shape index (κ2) is 8.39. The summed E-state index contributed by atoms with van der Waals surface area (Å²) in [5.74, 6) is 1.06. The second-order valence-corrected chi connectivity index (χ2v) is 7.44. The fraction of sp³-hybridized carbons (Fsp3) is 0.0800. The summed E-state index contributed by atoms with van der Waals surface area (Å²) in [6.07, 6.45) is 5.39. The summed E-state index contributed by atoms with van der Waals surface area (Å²) in [5, 5.41) is 11.8. The molecule has 0 aliphatic carbocycles. The van der Waals surface area contributed by atoms with E-state index in [0.717, 1.165) is 17.0 Å². The molecule has 0 aliphatic rings. The minimum Gasteiger partial charge on any atom is -0.460 e. The molecular weight excluding hydrogens is 402 g/mol. The minimum atomic E-state index is -0.254. The van der Waals surface area contributed by atoms with Crippen LogP contribution in [0.25, 0.3) is 17.1 Å². The number of para-hydroxylation sites is 1. The van der Waals surface area contributed by atoms with Crippen molar-refractivity contribution < 1.29 is 9.21 Å². The number of furan rings is 1. The van der Waals surface area contributed by atoms with E-state index in [4.69, 9.17) is 4.42 Å². The molecular formula is C25H21N5O2. The molecule has 32 heavy (non-hydrogen) atoms. The molecule has 5 aromatic rings. The molecule has 7 heteroatoms. The van der Waals surface area contributed by atoms with Gasteiger partial charge in [-0.05, 0) is 55.0 Å². The van der Waals surface area contributed by atoms with Crippen molar-refractivity contribution in [1.82, 2.24) is 19.6 Å². The van der Waals surface area contributed by atoms with E-state index in [-0.39, 0.29) is 5.91 Å². The smallest absolute Gasteiger partial charge is 0.259 e. The van der Waals surface area contributed by atoms with Crippen LogP contribution < -0.4 is 5.32 Å². The lowest BCUT2D eigenvalue weighted by molar-refractivity contribution is 0.102. The molecule has 0 atom stereocenters. The van der Waals surface area contributed by atoms with Crippen LogP contribution in [0.4, 0.5) is 5.69 Å². The maximum absolute atomic E-state index is 13.2. The van der Waals surface area contributed by atoms with Crippen molar-refractivity contribution in [3.05, 3.63) is 108 Å². The van der Waals surface area contributed by atoms with E-state index in [1.807, 2.05) is 90.6 Å². The van der Waals surface area contributed by atoms with Crippen molar-refractivity contribution in [3.63, 3.8) is 0 Å². The number of anilines is 1. The van der Waals surface area contributed by atoms with Crippen LogP contribution in [0.1, 0.15) is 21.7 Å². The zero-order valence-electron chi connectivity index (χ0n) is 17.5.